The standard InChI is InChI=1S/C5H7NOS/c1-2-7-3-4-8-5-6/h2H,1,3-4H2. The number of hydrogen-bond donors (Lipinski definition) is 0. The summed E-state index contributed by atoms with van der Waals surface area (Å²) < 4.78 is 4.73. The third-order valence-electron chi connectivity index (χ3n) is 0.486. The molecule has 2 nitrogen and oxygen atoms in total. The van der Waals surface area contributed by atoms with Gasteiger partial charge in [-0.2, -0.15) is 5.26 Å². The van der Waals surface area contributed by atoms with Gasteiger partial charge in [0, 0.05) is 5.75 Å². The van der Waals surface area contributed by atoms with E-state index in [0.29, 0.717) is 12.4 Å². The molecular weight excluding hydrogens is 122 g/mol. The van der Waals surface area contributed by atoms with Gasteiger partial charge >= 0.3 is 0 Å². The number of nitrogens with zero attached hydrogens (tertiary/aromatic N) is 1. The van der Waals surface area contributed by atoms with E-state index in [4.69, 9.17) is 10.00 Å². The maximum absolute atomic E-state index is 8.00. The van der Waals surface area contributed by atoms with Crippen LogP contribution < -0.4 is 0 Å². The van der Waals surface area contributed by atoms with Crippen molar-refractivity contribution in [1.29, 1.82) is 5.26 Å². The van der Waals surface area contributed by atoms with Gasteiger partial charge in [-0.15, -0.1) is 0 Å². The molecule has 0 spiro atoms. The summed E-state index contributed by atoms with van der Waals surface area (Å²) in [5.74, 6) is 0.711. The van der Waals surface area contributed by atoms with Crippen LogP contribution in [0, 0.1) is 10.7 Å². The predicted octanol–water partition coefficient (Wildman–Crippen LogP) is 1.36. The van der Waals surface area contributed by atoms with Gasteiger partial charge in [0.1, 0.15) is 5.40 Å². The fourth-order valence-electron chi connectivity index (χ4n) is 0.219. The van der Waals surface area contributed by atoms with Gasteiger partial charge < -0.3 is 4.74 Å². The lowest BCUT2D eigenvalue weighted by Crippen LogP contribution is -1.87. The second-order valence-corrected chi connectivity index (χ2v) is 1.86. The van der Waals surface area contributed by atoms with E-state index in [2.05, 4.69) is 6.58 Å². The molecule has 8 heavy (non-hydrogen) atoms. The van der Waals surface area contributed by atoms with Crippen LogP contribution in [0.25, 0.3) is 0 Å². The van der Waals surface area contributed by atoms with Crippen molar-refractivity contribution in [3.63, 3.8) is 0 Å². The topological polar surface area (TPSA) is 33.0 Å². The smallest absolute Gasteiger partial charge is 0.133 e. The fraction of sp³-hybridized carbons (Fsp3) is 0.400. The molecule has 0 aliphatic heterocycles. The highest BCUT2D eigenvalue weighted by atomic mass is 32.2. The lowest BCUT2D eigenvalue weighted by atomic mass is 10.8. The molecule has 3 heteroatoms. The zero-order valence-corrected chi connectivity index (χ0v) is 5.28. The number of ether oxygens (including phenoxy) is 1. The van der Waals surface area contributed by atoms with Crippen LogP contribution in [0.3, 0.4) is 0 Å². The van der Waals surface area contributed by atoms with E-state index >= 15 is 0 Å². The first-order valence-corrected chi connectivity index (χ1v) is 3.13. The number of thiocyanates is 1. The van der Waals surface area contributed by atoms with Crippen molar-refractivity contribution in [2.24, 2.45) is 0 Å². The van der Waals surface area contributed by atoms with Crippen LogP contribution >= 0.6 is 11.8 Å². The van der Waals surface area contributed by atoms with Gasteiger partial charge in [0.25, 0.3) is 0 Å². The lowest BCUT2D eigenvalue weighted by molar-refractivity contribution is 0.274. The average molecular weight is 129 g/mol. The molecule has 0 aromatic heterocycles. The Morgan fingerprint density at radius 3 is 3.12 bits per heavy atom. The van der Waals surface area contributed by atoms with E-state index in [1.807, 2.05) is 5.40 Å². The number of rotatable bonds is 4. The molecule has 0 saturated heterocycles. The summed E-state index contributed by atoms with van der Waals surface area (Å²) in [4.78, 5) is 0. The molecule has 0 rings (SSSR count). The van der Waals surface area contributed by atoms with Crippen LogP contribution in [0.5, 0.6) is 0 Å². The Labute approximate surface area is 53.1 Å². The Hall–Kier alpha value is -0.620. The van der Waals surface area contributed by atoms with Crippen molar-refractivity contribution >= 4 is 11.8 Å². The molecule has 0 aliphatic carbocycles. The first kappa shape index (κ1) is 7.38. The minimum Gasteiger partial charge on any atom is -0.501 e. The molecule has 0 N–H and O–H groups in total. The van der Waals surface area contributed by atoms with Crippen molar-refractivity contribution in [3.8, 4) is 5.40 Å². The van der Waals surface area contributed by atoms with Gasteiger partial charge in [0.05, 0.1) is 12.9 Å². The first-order valence-electron chi connectivity index (χ1n) is 2.15. The van der Waals surface area contributed by atoms with E-state index in [-0.39, 0.29) is 0 Å². The van der Waals surface area contributed by atoms with Crippen molar-refractivity contribution in [1.82, 2.24) is 0 Å². The molecule has 0 aromatic carbocycles. The fourth-order valence-corrected chi connectivity index (χ4v) is 0.490. The molecule has 0 aromatic rings. The summed E-state index contributed by atoms with van der Waals surface area (Å²) in [6.45, 7) is 3.92. The number of nitriles is 1. The van der Waals surface area contributed by atoms with Crippen LogP contribution in [0.1, 0.15) is 0 Å². The third-order valence-corrected chi connectivity index (χ3v) is 0.986. The average Bonchev–Trinajstić information content (AvgIpc) is 1.81. The van der Waals surface area contributed by atoms with Gasteiger partial charge in [0.2, 0.25) is 0 Å². The molecule has 0 fully saturated rings. The van der Waals surface area contributed by atoms with Gasteiger partial charge in [-0.3, -0.25) is 0 Å². The van der Waals surface area contributed by atoms with E-state index < -0.39 is 0 Å². The third kappa shape index (κ3) is 5.38. The second kappa shape index (κ2) is 6.38. The van der Waals surface area contributed by atoms with E-state index in [1.54, 1.807) is 0 Å². The molecule has 0 saturated carbocycles. The highest BCUT2D eigenvalue weighted by Crippen LogP contribution is 1.93. The summed E-state index contributed by atoms with van der Waals surface area (Å²) in [7, 11) is 0. The summed E-state index contributed by atoms with van der Waals surface area (Å²) in [5, 5.41) is 9.93. The van der Waals surface area contributed by atoms with Crippen LogP contribution in [-0.2, 0) is 4.74 Å². The predicted molar refractivity (Wildman–Crippen MR) is 34.2 cm³/mol. The highest BCUT2D eigenvalue weighted by molar-refractivity contribution is 8.03. The zero-order valence-electron chi connectivity index (χ0n) is 4.46. The monoisotopic (exact) mass is 129 g/mol. The number of hydrogen-bond acceptors (Lipinski definition) is 3. The molecule has 0 unspecified atom stereocenters. The lowest BCUT2D eigenvalue weighted by Gasteiger charge is -1.92. The van der Waals surface area contributed by atoms with E-state index in [9.17, 15) is 0 Å². The van der Waals surface area contributed by atoms with Gasteiger partial charge in [-0.25, -0.2) is 0 Å². The molecule has 0 atom stereocenters. The van der Waals surface area contributed by atoms with E-state index in [1.165, 1.54) is 18.0 Å². The molecule has 0 aliphatic rings. The summed E-state index contributed by atoms with van der Waals surface area (Å²) in [5.41, 5.74) is 0. The summed E-state index contributed by atoms with van der Waals surface area (Å²) in [6, 6.07) is 0. The summed E-state index contributed by atoms with van der Waals surface area (Å²) >= 11 is 1.18. The minimum atomic E-state index is 0.571. The minimum absolute atomic E-state index is 0.571. The number of thioether (sulfide) groups is 1. The van der Waals surface area contributed by atoms with Crippen molar-refractivity contribution in [2.45, 2.75) is 0 Å². The maximum atomic E-state index is 8.00. The van der Waals surface area contributed by atoms with Crippen LogP contribution in [0.4, 0.5) is 0 Å². The molecular formula is C5H7NOS. The Kier molecular flexibility index (Phi) is 5.89. The highest BCUT2D eigenvalue weighted by Gasteiger charge is 1.81. The molecule has 0 bridgehead atoms. The zero-order chi connectivity index (χ0) is 6.24. The quantitative estimate of drug-likeness (QED) is 0.326. The molecule has 0 amide bonds. The first-order chi connectivity index (χ1) is 3.91. The van der Waals surface area contributed by atoms with Crippen molar-refractivity contribution in [2.75, 3.05) is 12.4 Å². The Morgan fingerprint density at radius 2 is 2.62 bits per heavy atom. The van der Waals surface area contributed by atoms with Crippen LogP contribution in [-0.4, -0.2) is 12.4 Å². The second-order valence-electron chi connectivity index (χ2n) is 0.977. The SMILES string of the molecule is C=COCCSC#N. The van der Waals surface area contributed by atoms with Gasteiger partial charge in [-0.05, 0) is 11.8 Å². The van der Waals surface area contributed by atoms with Crippen molar-refractivity contribution < 1.29 is 4.74 Å². The summed E-state index contributed by atoms with van der Waals surface area (Å²) in [6.07, 6.45) is 1.37. The van der Waals surface area contributed by atoms with Crippen LogP contribution in [0.2, 0.25) is 0 Å². The Balaban J connectivity index is 2.74. The maximum Gasteiger partial charge on any atom is 0.133 e. The molecule has 0 heterocycles. The van der Waals surface area contributed by atoms with Gasteiger partial charge in [-0.1, -0.05) is 6.58 Å². The Bertz CT molecular complexity index is 97.1. The van der Waals surface area contributed by atoms with E-state index in [0.717, 1.165) is 0 Å². The normalized spacial score (nSPS) is 7.38. The van der Waals surface area contributed by atoms with Gasteiger partial charge in [0.15, 0.2) is 0 Å². The largest absolute Gasteiger partial charge is 0.501 e. The van der Waals surface area contributed by atoms with Crippen molar-refractivity contribution in [3.05, 3.63) is 12.8 Å². The molecule has 0 radical (unpaired) electrons. The molecule has 44 valence electrons. The Morgan fingerprint density at radius 1 is 1.88 bits per heavy atom. The van der Waals surface area contributed by atoms with Crippen LogP contribution in [0.15, 0.2) is 12.8 Å².